The van der Waals surface area contributed by atoms with Crippen LogP contribution in [0.15, 0.2) is 0 Å². The van der Waals surface area contributed by atoms with Crippen LogP contribution >= 0.6 is 11.8 Å². The molecule has 0 aromatic heterocycles. The maximum Gasteiger partial charge on any atom is 0.0783 e. The van der Waals surface area contributed by atoms with E-state index >= 15 is 0 Å². The molecule has 3 heteroatoms. The number of thioether (sulfide) groups is 1. The Morgan fingerprint density at radius 2 is 2.21 bits per heavy atom. The van der Waals surface area contributed by atoms with E-state index in [0.717, 1.165) is 31.1 Å². The summed E-state index contributed by atoms with van der Waals surface area (Å²) in [6.07, 6.45) is 8.44. The molecule has 0 radical (unpaired) electrons. The van der Waals surface area contributed by atoms with Crippen molar-refractivity contribution in [3.8, 4) is 0 Å². The minimum Gasteiger partial charge on any atom is -0.393 e. The molecule has 5 unspecified atom stereocenters. The van der Waals surface area contributed by atoms with Crippen LogP contribution in [0.2, 0.25) is 0 Å². The van der Waals surface area contributed by atoms with Crippen LogP contribution in [0.4, 0.5) is 0 Å². The highest BCUT2D eigenvalue weighted by Crippen LogP contribution is 2.44. The van der Waals surface area contributed by atoms with Gasteiger partial charge >= 0.3 is 0 Å². The molecule has 2 saturated heterocycles. The third kappa shape index (κ3) is 2.98. The lowest BCUT2D eigenvalue weighted by Crippen LogP contribution is -2.44. The number of hydrogen-bond acceptors (Lipinski definition) is 3. The normalized spacial score (nSPS) is 44.8. The van der Waals surface area contributed by atoms with Crippen LogP contribution < -0.4 is 0 Å². The van der Waals surface area contributed by atoms with Gasteiger partial charge in [-0.25, -0.2) is 0 Å². The molecule has 5 atom stereocenters. The molecule has 2 nitrogen and oxygen atoms in total. The van der Waals surface area contributed by atoms with Gasteiger partial charge in [-0.3, -0.25) is 0 Å². The molecule has 3 rings (SSSR count). The molecule has 1 saturated carbocycles. The Balaban J connectivity index is 1.59. The van der Waals surface area contributed by atoms with E-state index in [9.17, 15) is 5.11 Å². The van der Waals surface area contributed by atoms with Gasteiger partial charge in [0.2, 0.25) is 0 Å². The summed E-state index contributed by atoms with van der Waals surface area (Å²) in [5.41, 5.74) is 0.122. The van der Waals surface area contributed by atoms with Gasteiger partial charge in [0, 0.05) is 12.4 Å². The zero-order valence-corrected chi connectivity index (χ0v) is 13.0. The molecule has 0 amide bonds. The Kier molecular flexibility index (Phi) is 4.45. The van der Waals surface area contributed by atoms with Crippen LogP contribution in [0.5, 0.6) is 0 Å². The molecule has 2 heterocycles. The number of rotatable bonds is 3. The molecule has 110 valence electrons. The van der Waals surface area contributed by atoms with Gasteiger partial charge in [-0.05, 0) is 55.6 Å². The highest BCUT2D eigenvalue weighted by molar-refractivity contribution is 7.99. The van der Waals surface area contributed by atoms with Crippen molar-refractivity contribution in [1.82, 2.24) is 0 Å². The summed E-state index contributed by atoms with van der Waals surface area (Å²) in [6.45, 7) is 3.16. The fraction of sp³-hybridized carbons (Fsp3) is 1.00. The first-order valence-electron chi connectivity index (χ1n) is 8.12. The average molecular weight is 284 g/mol. The van der Waals surface area contributed by atoms with Crippen LogP contribution in [0.3, 0.4) is 0 Å². The second-order valence-corrected chi connectivity index (χ2v) is 8.03. The summed E-state index contributed by atoms with van der Waals surface area (Å²) in [6, 6.07) is 0. The monoisotopic (exact) mass is 284 g/mol. The number of aliphatic hydroxyl groups excluding tert-OH is 1. The van der Waals surface area contributed by atoms with E-state index in [1.807, 2.05) is 11.8 Å². The van der Waals surface area contributed by atoms with E-state index in [0.29, 0.717) is 11.8 Å². The molecule has 3 aliphatic rings. The Labute approximate surface area is 121 Å². The largest absolute Gasteiger partial charge is 0.393 e. The third-order valence-corrected chi connectivity index (χ3v) is 6.95. The lowest BCUT2D eigenvalue weighted by Gasteiger charge is -2.41. The summed E-state index contributed by atoms with van der Waals surface area (Å²) in [7, 11) is 0. The van der Waals surface area contributed by atoms with Gasteiger partial charge in [0.25, 0.3) is 0 Å². The number of aliphatic hydroxyl groups is 1. The lowest BCUT2D eigenvalue weighted by molar-refractivity contribution is -0.109. The molecule has 2 aliphatic heterocycles. The van der Waals surface area contributed by atoms with Gasteiger partial charge in [0.1, 0.15) is 0 Å². The van der Waals surface area contributed by atoms with Crippen molar-refractivity contribution in [2.75, 3.05) is 18.1 Å². The maximum absolute atomic E-state index is 10.8. The first kappa shape index (κ1) is 14.2. The first-order chi connectivity index (χ1) is 9.22. The van der Waals surface area contributed by atoms with E-state index in [4.69, 9.17) is 4.74 Å². The van der Waals surface area contributed by atoms with Gasteiger partial charge in [-0.2, -0.15) is 11.8 Å². The van der Waals surface area contributed by atoms with Crippen molar-refractivity contribution in [1.29, 1.82) is 0 Å². The highest BCUT2D eigenvalue weighted by atomic mass is 32.2. The van der Waals surface area contributed by atoms with E-state index in [1.165, 1.54) is 37.9 Å². The molecule has 0 bridgehead atoms. The molecule has 1 spiro atoms. The van der Waals surface area contributed by atoms with Crippen molar-refractivity contribution < 1.29 is 9.84 Å². The fourth-order valence-corrected chi connectivity index (χ4v) is 5.78. The predicted molar refractivity (Wildman–Crippen MR) is 80.5 cm³/mol. The van der Waals surface area contributed by atoms with Crippen LogP contribution in [0.1, 0.15) is 51.9 Å². The van der Waals surface area contributed by atoms with Gasteiger partial charge in [0.15, 0.2) is 0 Å². The van der Waals surface area contributed by atoms with Crippen LogP contribution in [-0.4, -0.2) is 34.9 Å². The maximum atomic E-state index is 10.8. The highest BCUT2D eigenvalue weighted by Gasteiger charge is 2.44. The third-order valence-electron chi connectivity index (χ3n) is 5.72. The molecule has 0 aromatic carbocycles. The van der Waals surface area contributed by atoms with Gasteiger partial charge in [0.05, 0.1) is 11.7 Å². The predicted octanol–water partition coefficient (Wildman–Crippen LogP) is 3.48. The number of ether oxygens (including phenoxy) is 1. The Hall–Kier alpha value is 0.270. The van der Waals surface area contributed by atoms with E-state index in [-0.39, 0.29) is 11.7 Å². The summed E-state index contributed by atoms with van der Waals surface area (Å²) in [5, 5.41) is 10.8. The van der Waals surface area contributed by atoms with Crippen molar-refractivity contribution >= 4 is 11.8 Å². The SMILES string of the molecule is CCC1CCC(C(O)C2CCOC3(CCSC3)C2)C1. The van der Waals surface area contributed by atoms with Crippen LogP contribution in [-0.2, 0) is 4.74 Å². The van der Waals surface area contributed by atoms with Gasteiger partial charge in [-0.1, -0.05) is 19.8 Å². The quantitative estimate of drug-likeness (QED) is 0.860. The molecular weight excluding hydrogens is 256 g/mol. The van der Waals surface area contributed by atoms with Crippen molar-refractivity contribution in [3.05, 3.63) is 0 Å². The second-order valence-electron chi connectivity index (χ2n) is 6.92. The molecule has 1 aliphatic carbocycles. The molecular formula is C16H28O2S. The standard InChI is InChI=1S/C16H28O2S/c1-2-12-3-4-13(9-12)15(17)14-5-7-18-16(10-14)6-8-19-11-16/h12-15,17H,2-11H2,1H3. The molecule has 1 N–H and O–H groups in total. The van der Waals surface area contributed by atoms with Crippen LogP contribution in [0.25, 0.3) is 0 Å². The molecule has 19 heavy (non-hydrogen) atoms. The second kappa shape index (κ2) is 5.95. The first-order valence-corrected chi connectivity index (χ1v) is 9.28. The average Bonchev–Trinajstić information content (AvgIpc) is 3.07. The topological polar surface area (TPSA) is 29.5 Å². The van der Waals surface area contributed by atoms with Crippen molar-refractivity contribution in [2.24, 2.45) is 17.8 Å². The fourth-order valence-electron chi connectivity index (χ4n) is 4.40. The zero-order chi connectivity index (χ0) is 13.3. The van der Waals surface area contributed by atoms with Crippen molar-refractivity contribution in [2.45, 2.75) is 63.6 Å². The van der Waals surface area contributed by atoms with Crippen molar-refractivity contribution in [3.63, 3.8) is 0 Å². The minimum atomic E-state index is -0.0667. The van der Waals surface area contributed by atoms with Crippen LogP contribution in [0, 0.1) is 17.8 Å². The minimum absolute atomic E-state index is 0.0667. The van der Waals surface area contributed by atoms with Gasteiger partial charge in [-0.15, -0.1) is 0 Å². The smallest absolute Gasteiger partial charge is 0.0783 e. The Morgan fingerprint density at radius 3 is 2.89 bits per heavy atom. The summed E-state index contributed by atoms with van der Waals surface area (Å²) >= 11 is 2.02. The van der Waals surface area contributed by atoms with Gasteiger partial charge < -0.3 is 9.84 Å². The molecule has 3 fully saturated rings. The Bertz CT molecular complexity index is 301. The summed E-state index contributed by atoms with van der Waals surface area (Å²) < 4.78 is 6.08. The summed E-state index contributed by atoms with van der Waals surface area (Å²) in [4.78, 5) is 0. The van der Waals surface area contributed by atoms with E-state index in [2.05, 4.69) is 6.92 Å². The van der Waals surface area contributed by atoms with E-state index < -0.39 is 0 Å². The summed E-state index contributed by atoms with van der Waals surface area (Å²) in [5.74, 6) is 4.32. The Morgan fingerprint density at radius 1 is 1.32 bits per heavy atom. The molecule has 0 aromatic rings. The lowest BCUT2D eigenvalue weighted by atomic mass is 9.78. The number of hydrogen-bond donors (Lipinski definition) is 1. The zero-order valence-electron chi connectivity index (χ0n) is 12.1. The van der Waals surface area contributed by atoms with E-state index in [1.54, 1.807) is 0 Å².